The van der Waals surface area contributed by atoms with Gasteiger partial charge in [-0.2, -0.15) is 0 Å². The van der Waals surface area contributed by atoms with Crippen LogP contribution in [0.1, 0.15) is 50.1 Å². The third-order valence-corrected chi connectivity index (χ3v) is 7.59. The SMILES string of the molecule is COc1ccc2ncnc([C@H]3CC[C@]4(CC[C@@H]4C(=O)Nc4ccc(Cl)cc4)CC3)c2c1. The summed E-state index contributed by atoms with van der Waals surface area (Å²) in [7, 11) is 1.68. The van der Waals surface area contributed by atoms with E-state index in [0.29, 0.717) is 10.9 Å². The maximum absolute atomic E-state index is 13.0. The molecule has 1 spiro atoms. The molecule has 1 amide bonds. The molecule has 0 saturated heterocycles. The summed E-state index contributed by atoms with van der Waals surface area (Å²) < 4.78 is 5.41. The Morgan fingerprint density at radius 3 is 2.48 bits per heavy atom. The molecule has 2 fully saturated rings. The smallest absolute Gasteiger partial charge is 0.228 e. The van der Waals surface area contributed by atoms with Gasteiger partial charge >= 0.3 is 0 Å². The van der Waals surface area contributed by atoms with Crippen LogP contribution in [-0.4, -0.2) is 23.0 Å². The van der Waals surface area contributed by atoms with Crippen LogP contribution in [0.2, 0.25) is 5.02 Å². The summed E-state index contributed by atoms with van der Waals surface area (Å²) in [5.74, 6) is 1.45. The third kappa shape index (κ3) is 3.76. The molecule has 1 atom stereocenters. The molecule has 0 aliphatic heterocycles. The minimum atomic E-state index is 0.0892. The van der Waals surface area contributed by atoms with E-state index in [4.69, 9.17) is 16.3 Å². The highest BCUT2D eigenvalue weighted by atomic mass is 35.5. The number of nitrogens with zero attached hydrogens (tertiary/aromatic N) is 2. The highest BCUT2D eigenvalue weighted by Crippen LogP contribution is 2.58. The lowest BCUT2D eigenvalue weighted by Crippen LogP contribution is -2.48. The zero-order valence-corrected chi connectivity index (χ0v) is 18.4. The quantitative estimate of drug-likeness (QED) is 0.547. The zero-order chi connectivity index (χ0) is 21.4. The van der Waals surface area contributed by atoms with Crippen molar-refractivity contribution < 1.29 is 9.53 Å². The van der Waals surface area contributed by atoms with Crippen molar-refractivity contribution >= 4 is 34.1 Å². The second-order valence-corrected chi connectivity index (χ2v) is 9.30. The molecule has 5 rings (SSSR count). The summed E-state index contributed by atoms with van der Waals surface area (Å²) in [4.78, 5) is 22.0. The lowest BCUT2D eigenvalue weighted by Gasteiger charge is -2.52. The molecule has 3 aromatic rings. The van der Waals surface area contributed by atoms with Crippen molar-refractivity contribution in [2.75, 3.05) is 12.4 Å². The van der Waals surface area contributed by atoms with E-state index in [1.807, 2.05) is 30.3 Å². The van der Waals surface area contributed by atoms with Crippen LogP contribution in [0.4, 0.5) is 5.69 Å². The number of fused-ring (bicyclic) bond motifs is 1. The molecule has 0 unspecified atom stereocenters. The van der Waals surface area contributed by atoms with Crippen molar-refractivity contribution in [1.29, 1.82) is 0 Å². The van der Waals surface area contributed by atoms with Gasteiger partial charge in [0.15, 0.2) is 0 Å². The van der Waals surface area contributed by atoms with Gasteiger partial charge < -0.3 is 10.1 Å². The van der Waals surface area contributed by atoms with Gasteiger partial charge in [-0.25, -0.2) is 9.97 Å². The minimum Gasteiger partial charge on any atom is -0.497 e. The van der Waals surface area contributed by atoms with Crippen LogP contribution in [0.15, 0.2) is 48.8 Å². The van der Waals surface area contributed by atoms with Gasteiger partial charge in [0.1, 0.15) is 12.1 Å². The van der Waals surface area contributed by atoms with E-state index in [-0.39, 0.29) is 17.2 Å². The maximum Gasteiger partial charge on any atom is 0.228 e. The fraction of sp³-hybridized carbons (Fsp3) is 0.400. The average Bonchev–Trinajstić information content (AvgIpc) is 2.79. The second-order valence-electron chi connectivity index (χ2n) is 8.87. The first kappa shape index (κ1) is 20.3. The van der Waals surface area contributed by atoms with Gasteiger partial charge in [0, 0.05) is 27.9 Å². The van der Waals surface area contributed by atoms with Gasteiger partial charge in [-0.15, -0.1) is 0 Å². The van der Waals surface area contributed by atoms with Crippen molar-refractivity contribution in [2.24, 2.45) is 11.3 Å². The van der Waals surface area contributed by atoms with Crippen molar-refractivity contribution in [1.82, 2.24) is 9.97 Å². The van der Waals surface area contributed by atoms with Gasteiger partial charge in [-0.3, -0.25) is 4.79 Å². The van der Waals surface area contributed by atoms with E-state index < -0.39 is 0 Å². The molecule has 6 heteroatoms. The Labute approximate surface area is 187 Å². The molecule has 0 radical (unpaired) electrons. The highest BCUT2D eigenvalue weighted by molar-refractivity contribution is 6.30. The molecule has 1 aromatic heterocycles. The van der Waals surface area contributed by atoms with E-state index in [9.17, 15) is 4.79 Å². The van der Waals surface area contributed by atoms with Gasteiger partial charge in [0.25, 0.3) is 0 Å². The van der Waals surface area contributed by atoms with Gasteiger partial charge in [0.2, 0.25) is 5.91 Å². The summed E-state index contributed by atoms with van der Waals surface area (Å²) in [6.07, 6.45) is 7.99. The molecule has 31 heavy (non-hydrogen) atoms. The summed E-state index contributed by atoms with van der Waals surface area (Å²) in [6, 6.07) is 13.3. The normalized spacial score (nSPS) is 25.2. The van der Waals surface area contributed by atoms with Crippen LogP contribution in [0.3, 0.4) is 0 Å². The Morgan fingerprint density at radius 2 is 1.81 bits per heavy atom. The zero-order valence-electron chi connectivity index (χ0n) is 17.6. The molecule has 1 N–H and O–H groups in total. The van der Waals surface area contributed by atoms with Gasteiger partial charge in [-0.05, 0) is 86.4 Å². The first-order valence-corrected chi connectivity index (χ1v) is 11.3. The first-order valence-electron chi connectivity index (χ1n) is 10.9. The number of amides is 1. The van der Waals surface area contributed by atoms with Crippen LogP contribution in [0.25, 0.3) is 10.9 Å². The Kier molecular flexibility index (Phi) is 5.30. The van der Waals surface area contributed by atoms with Crippen molar-refractivity contribution in [3.8, 4) is 5.75 Å². The van der Waals surface area contributed by atoms with Gasteiger partial charge in [0.05, 0.1) is 18.3 Å². The predicted molar refractivity (Wildman–Crippen MR) is 123 cm³/mol. The molecular formula is C25H26ClN3O2. The van der Waals surface area contributed by atoms with Crippen LogP contribution in [-0.2, 0) is 4.79 Å². The topological polar surface area (TPSA) is 64.1 Å². The number of ether oxygens (including phenoxy) is 1. The van der Waals surface area contributed by atoms with Gasteiger partial charge in [-0.1, -0.05) is 11.6 Å². The third-order valence-electron chi connectivity index (χ3n) is 7.34. The van der Waals surface area contributed by atoms with Crippen molar-refractivity contribution in [3.05, 3.63) is 59.5 Å². The number of benzene rings is 2. The number of nitrogens with one attached hydrogen (secondary N) is 1. The summed E-state index contributed by atoms with van der Waals surface area (Å²) in [5.41, 5.74) is 3.01. The number of rotatable bonds is 4. The Balaban J connectivity index is 1.29. The molecule has 2 aliphatic carbocycles. The highest BCUT2D eigenvalue weighted by Gasteiger charge is 2.51. The molecule has 5 nitrogen and oxygen atoms in total. The van der Waals surface area contributed by atoms with Crippen molar-refractivity contribution in [3.63, 3.8) is 0 Å². The lowest BCUT2D eigenvalue weighted by atomic mass is 9.52. The molecular weight excluding hydrogens is 410 g/mol. The lowest BCUT2D eigenvalue weighted by molar-refractivity contribution is -0.133. The number of methoxy groups -OCH3 is 1. The molecule has 2 aliphatic rings. The summed E-state index contributed by atoms with van der Waals surface area (Å²) in [6.45, 7) is 0. The Hall–Kier alpha value is -2.66. The fourth-order valence-electron chi connectivity index (χ4n) is 5.44. The summed E-state index contributed by atoms with van der Waals surface area (Å²) in [5, 5.41) is 4.84. The average molecular weight is 436 g/mol. The molecule has 2 aromatic carbocycles. The number of hydrogen-bond acceptors (Lipinski definition) is 4. The minimum absolute atomic E-state index is 0.0892. The van der Waals surface area contributed by atoms with E-state index >= 15 is 0 Å². The van der Waals surface area contributed by atoms with Crippen molar-refractivity contribution in [2.45, 2.75) is 44.4 Å². The molecule has 2 saturated carbocycles. The number of halogens is 1. The maximum atomic E-state index is 13.0. The fourth-order valence-corrected chi connectivity index (χ4v) is 5.57. The van der Waals surface area contributed by atoms with Crippen LogP contribution >= 0.6 is 11.6 Å². The van der Waals surface area contributed by atoms with E-state index in [1.54, 1.807) is 25.6 Å². The standard InChI is InChI=1S/C25H26ClN3O2/c1-31-19-6-7-22-20(14-19)23(28-15-27-22)16-8-11-25(12-9-16)13-10-21(25)24(30)29-18-4-2-17(26)3-5-18/h2-7,14-16,21H,8-13H2,1H3,(H,29,30)/t16-,21-,25+/m1/s1. The van der Waals surface area contributed by atoms with Crippen LogP contribution in [0.5, 0.6) is 5.75 Å². The predicted octanol–water partition coefficient (Wildman–Crippen LogP) is 5.98. The number of anilines is 1. The number of carbonyl (C=O) groups is 1. The molecule has 160 valence electrons. The molecule has 1 heterocycles. The second kappa shape index (κ2) is 8.12. The number of aromatic nitrogens is 2. The van der Waals surface area contributed by atoms with E-state index in [2.05, 4.69) is 15.3 Å². The molecule has 0 bridgehead atoms. The first-order chi connectivity index (χ1) is 15.1. The Bertz CT molecular complexity index is 1110. The Morgan fingerprint density at radius 1 is 1.06 bits per heavy atom. The largest absolute Gasteiger partial charge is 0.497 e. The van der Waals surface area contributed by atoms with Crippen LogP contribution < -0.4 is 10.1 Å². The van der Waals surface area contributed by atoms with E-state index in [1.165, 1.54) is 0 Å². The van der Waals surface area contributed by atoms with E-state index in [0.717, 1.165) is 66.6 Å². The van der Waals surface area contributed by atoms with Crippen LogP contribution in [0, 0.1) is 11.3 Å². The number of hydrogen-bond donors (Lipinski definition) is 1. The number of carbonyl (C=O) groups excluding carboxylic acids is 1. The monoisotopic (exact) mass is 435 g/mol. The summed E-state index contributed by atoms with van der Waals surface area (Å²) >= 11 is 5.95.